The predicted octanol–water partition coefficient (Wildman–Crippen LogP) is 2.43. The van der Waals surface area contributed by atoms with Crippen molar-refractivity contribution >= 4 is 27.5 Å². The van der Waals surface area contributed by atoms with Crippen molar-refractivity contribution in [3.8, 4) is 5.75 Å². The van der Waals surface area contributed by atoms with Crippen molar-refractivity contribution in [3.63, 3.8) is 0 Å². The van der Waals surface area contributed by atoms with E-state index in [0.717, 1.165) is 15.9 Å². The second kappa shape index (κ2) is 6.50. The van der Waals surface area contributed by atoms with Crippen molar-refractivity contribution in [1.29, 1.82) is 0 Å². The molecule has 88 valence electrons. The molecule has 5 heteroatoms. The summed E-state index contributed by atoms with van der Waals surface area (Å²) < 4.78 is 11.1. The lowest BCUT2D eigenvalue weighted by molar-refractivity contribution is -0.114. The van der Waals surface area contributed by atoms with Crippen LogP contribution >= 0.6 is 15.9 Å². The van der Waals surface area contributed by atoms with Gasteiger partial charge in [0.2, 0.25) is 5.91 Å². The van der Waals surface area contributed by atoms with Crippen LogP contribution in [0, 0.1) is 0 Å². The minimum atomic E-state index is -0.0973. The summed E-state index contributed by atoms with van der Waals surface area (Å²) >= 11 is 3.37. The highest BCUT2D eigenvalue weighted by molar-refractivity contribution is 9.10. The Morgan fingerprint density at radius 2 is 2.19 bits per heavy atom. The molecule has 16 heavy (non-hydrogen) atoms. The minimum absolute atomic E-state index is 0.0973. The number of anilines is 1. The fourth-order valence-electron chi connectivity index (χ4n) is 1.13. The Morgan fingerprint density at radius 3 is 2.75 bits per heavy atom. The fourth-order valence-corrected chi connectivity index (χ4v) is 1.63. The predicted molar refractivity (Wildman–Crippen MR) is 65.8 cm³/mol. The van der Waals surface area contributed by atoms with Gasteiger partial charge in [-0.05, 0) is 34.1 Å². The Balaban J connectivity index is 2.64. The molecule has 0 aromatic heterocycles. The molecular formula is C11H14BrNO3. The van der Waals surface area contributed by atoms with Gasteiger partial charge in [-0.1, -0.05) is 0 Å². The van der Waals surface area contributed by atoms with E-state index in [4.69, 9.17) is 9.47 Å². The SMILES string of the molecule is COCCOc1ccc(NC(C)=O)cc1Br. The van der Waals surface area contributed by atoms with Gasteiger partial charge in [0, 0.05) is 19.7 Å². The van der Waals surface area contributed by atoms with Crippen LogP contribution in [-0.4, -0.2) is 26.2 Å². The molecule has 0 fully saturated rings. The molecule has 0 radical (unpaired) electrons. The molecule has 0 saturated carbocycles. The molecule has 0 aliphatic carbocycles. The van der Waals surface area contributed by atoms with E-state index in [-0.39, 0.29) is 5.91 Å². The Kier molecular flexibility index (Phi) is 5.28. The third kappa shape index (κ3) is 4.20. The lowest BCUT2D eigenvalue weighted by Gasteiger charge is -2.09. The van der Waals surface area contributed by atoms with Crippen LogP contribution in [0.1, 0.15) is 6.92 Å². The van der Waals surface area contributed by atoms with E-state index in [1.807, 2.05) is 0 Å². The maximum Gasteiger partial charge on any atom is 0.221 e. The molecule has 0 heterocycles. The molecule has 0 unspecified atom stereocenters. The van der Waals surface area contributed by atoms with Gasteiger partial charge in [0.1, 0.15) is 12.4 Å². The van der Waals surface area contributed by atoms with E-state index in [9.17, 15) is 4.79 Å². The number of hydrogen-bond donors (Lipinski definition) is 1. The van der Waals surface area contributed by atoms with Crippen molar-refractivity contribution in [2.45, 2.75) is 6.92 Å². The zero-order valence-electron chi connectivity index (χ0n) is 9.25. The van der Waals surface area contributed by atoms with Crippen molar-refractivity contribution in [2.24, 2.45) is 0 Å². The second-order valence-electron chi connectivity index (χ2n) is 3.17. The third-order valence-electron chi connectivity index (χ3n) is 1.80. The van der Waals surface area contributed by atoms with Crippen LogP contribution in [0.5, 0.6) is 5.75 Å². The van der Waals surface area contributed by atoms with E-state index in [1.165, 1.54) is 6.92 Å². The molecule has 0 saturated heterocycles. The van der Waals surface area contributed by atoms with Gasteiger partial charge in [-0.15, -0.1) is 0 Å². The summed E-state index contributed by atoms with van der Waals surface area (Å²) in [6.07, 6.45) is 0. The molecule has 1 N–H and O–H groups in total. The first-order valence-corrected chi connectivity index (χ1v) is 5.61. The van der Waals surface area contributed by atoms with Crippen molar-refractivity contribution in [3.05, 3.63) is 22.7 Å². The number of methoxy groups -OCH3 is 1. The van der Waals surface area contributed by atoms with Crippen LogP contribution < -0.4 is 10.1 Å². The molecule has 0 aliphatic rings. The topological polar surface area (TPSA) is 47.6 Å². The maximum absolute atomic E-state index is 10.8. The number of halogens is 1. The molecule has 1 amide bonds. The lowest BCUT2D eigenvalue weighted by atomic mass is 10.3. The molecule has 1 aromatic rings. The first kappa shape index (κ1) is 13.0. The van der Waals surface area contributed by atoms with Gasteiger partial charge in [-0.2, -0.15) is 0 Å². The molecule has 1 aromatic carbocycles. The number of carbonyl (C=O) groups excluding carboxylic acids is 1. The summed E-state index contributed by atoms with van der Waals surface area (Å²) in [5, 5.41) is 2.69. The molecule has 0 spiro atoms. The molecule has 1 rings (SSSR count). The summed E-state index contributed by atoms with van der Waals surface area (Å²) in [4.78, 5) is 10.8. The average molecular weight is 288 g/mol. The molecule has 0 bridgehead atoms. The van der Waals surface area contributed by atoms with Gasteiger partial charge >= 0.3 is 0 Å². The van der Waals surface area contributed by atoms with Crippen LogP contribution in [0.4, 0.5) is 5.69 Å². The van der Waals surface area contributed by atoms with E-state index in [0.29, 0.717) is 13.2 Å². The summed E-state index contributed by atoms with van der Waals surface area (Å²) in [7, 11) is 1.62. The standard InChI is InChI=1S/C11H14BrNO3/c1-8(14)13-9-3-4-11(10(12)7-9)16-6-5-15-2/h3-4,7H,5-6H2,1-2H3,(H,13,14). The normalized spacial score (nSPS) is 9.94. The number of amides is 1. The summed E-state index contributed by atoms with van der Waals surface area (Å²) in [6.45, 7) is 2.51. The summed E-state index contributed by atoms with van der Waals surface area (Å²) in [5.74, 6) is 0.631. The monoisotopic (exact) mass is 287 g/mol. The van der Waals surface area contributed by atoms with Crippen LogP contribution in [0.2, 0.25) is 0 Å². The van der Waals surface area contributed by atoms with Gasteiger partial charge in [-0.3, -0.25) is 4.79 Å². The van der Waals surface area contributed by atoms with Crippen LogP contribution in [-0.2, 0) is 9.53 Å². The highest BCUT2D eigenvalue weighted by Crippen LogP contribution is 2.28. The first-order valence-electron chi connectivity index (χ1n) is 4.82. The molecule has 0 atom stereocenters. The smallest absolute Gasteiger partial charge is 0.221 e. The van der Waals surface area contributed by atoms with Crippen LogP contribution in [0.3, 0.4) is 0 Å². The minimum Gasteiger partial charge on any atom is -0.490 e. The Bertz CT molecular complexity index is 368. The summed E-state index contributed by atoms with van der Waals surface area (Å²) in [5.41, 5.74) is 0.735. The molecule has 4 nitrogen and oxygen atoms in total. The highest BCUT2D eigenvalue weighted by Gasteiger charge is 2.03. The largest absolute Gasteiger partial charge is 0.490 e. The van der Waals surface area contributed by atoms with Gasteiger partial charge in [0.05, 0.1) is 11.1 Å². The number of carbonyl (C=O) groups is 1. The Morgan fingerprint density at radius 1 is 1.44 bits per heavy atom. The molecule has 0 aliphatic heterocycles. The fraction of sp³-hybridized carbons (Fsp3) is 0.364. The van der Waals surface area contributed by atoms with E-state index in [1.54, 1.807) is 25.3 Å². The number of ether oxygens (including phenoxy) is 2. The number of benzene rings is 1. The average Bonchev–Trinajstić information content (AvgIpc) is 2.20. The number of rotatable bonds is 5. The maximum atomic E-state index is 10.8. The van der Waals surface area contributed by atoms with Gasteiger partial charge in [0.15, 0.2) is 0 Å². The van der Waals surface area contributed by atoms with Crippen molar-refractivity contribution in [2.75, 3.05) is 25.6 Å². The zero-order chi connectivity index (χ0) is 12.0. The Hall–Kier alpha value is -1.07. The number of nitrogens with one attached hydrogen (secondary N) is 1. The first-order chi connectivity index (χ1) is 7.63. The van der Waals surface area contributed by atoms with E-state index in [2.05, 4.69) is 21.2 Å². The van der Waals surface area contributed by atoms with Crippen LogP contribution in [0.15, 0.2) is 22.7 Å². The zero-order valence-corrected chi connectivity index (χ0v) is 10.8. The van der Waals surface area contributed by atoms with E-state index >= 15 is 0 Å². The molecular weight excluding hydrogens is 274 g/mol. The van der Waals surface area contributed by atoms with Gasteiger partial charge in [-0.25, -0.2) is 0 Å². The second-order valence-corrected chi connectivity index (χ2v) is 4.02. The van der Waals surface area contributed by atoms with Crippen molar-refractivity contribution < 1.29 is 14.3 Å². The highest BCUT2D eigenvalue weighted by atomic mass is 79.9. The Labute approximate surface area is 103 Å². The van der Waals surface area contributed by atoms with E-state index < -0.39 is 0 Å². The van der Waals surface area contributed by atoms with Crippen molar-refractivity contribution in [1.82, 2.24) is 0 Å². The van der Waals surface area contributed by atoms with Crippen LogP contribution in [0.25, 0.3) is 0 Å². The number of hydrogen-bond acceptors (Lipinski definition) is 3. The quantitative estimate of drug-likeness (QED) is 0.846. The van der Waals surface area contributed by atoms with Gasteiger partial charge in [0.25, 0.3) is 0 Å². The van der Waals surface area contributed by atoms with Gasteiger partial charge < -0.3 is 14.8 Å². The summed E-state index contributed by atoms with van der Waals surface area (Å²) in [6, 6.07) is 5.38. The third-order valence-corrected chi connectivity index (χ3v) is 2.42. The lowest BCUT2D eigenvalue weighted by Crippen LogP contribution is -2.07.